The highest BCUT2D eigenvalue weighted by Crippen LogP contribution is 1.95. The predicted octanol–water partition coefficient (Wildman–Crippen LogP) is -2.98. The molecule has 2 atom stereocenters. The molecule has 10 nitrogen and oxygen atoms in total. The van der Waals surface area contributed by atoms with E-state index >= 15 is 0 Å². The van der Waals surface area contributed by atoms with E-state index in [1.54, 1.807) is 0 Å². The number of hydrogen-bond acceptors (Lipinski definition) is 6. The Hall–Kier alpha value is -1.43. The molecule has 0 aromatic rings. The van der Waals surface area contributed by atoms with Gasteiger partial charge >= 0.3 is 46.9 Å². The molecule has 6 N–H and O–H groups in total. The maximum Gasteiger partial charge on any atom is 0.322 e. The SMILES string of the molecule is O=C(O)C[C@H](NN[C@@H](CC(=O)O)C(=O)O)C(=O)O.[MgH2]. The summed E-state index contributed by atoms with van der Waals surface area (Å²) in [6, 6.07) is -3.14. The van der Waals surface area contributed by atoms with Crippen LogP contribution >= 0.6 is 0 Å². The molecule has 0 spiro atoms. The third-order valence-electron chi connectivity index (χ3n) is 1.79. The molecule has 0 aromatic heterocycles. The third kappa shape index (κ3) is 9.18. The Labute approximate surface area is 122 Å². The van der Waals surface area contributed by atoms with Gasteiger partial charge in [0.2, 0.25) is 0 Å². The van der Waals surface area contributed by atoms with Crippen LogP contribution in [0.25, 0.3) is 0 Å². The zero-order valence-corrected chi connectivity index (χ0v) is 8.99. The first-order valence-electron chi connectivity index (χ1n) is 4.64. The van der Waals surface area contributed by atoms with E-state index in [9.17, 15) is 19.2 Å². The molecule has 0 aliphatic carbocycles. The van der Waals surface area contributed by atoms with Gasteiger partial charge in [-0.3, -0.25) is 19.2 Å². The maximum absolute atomic E-state index is 10.6. The van der Waals surface area contributed by atoms with Gasteiger partial charge < -0.3 is 20.4 Å². The van der Waals surface area contributed by atoms with Crippen LogP contribution in [0.4, 0.5) is 0 Å². The van der Waals surface area contributed by atoms with Gasteiger partial charge in [0, 0.05) is 0 Å². The number of aliphatic carboxylic acids is 4. The number of carboxylic acid groups (broad SMARTS) is 4. The molecule has 106 valence electrons. The molecule has 0 radical (unpaired) electrons. The Bertz CT molecular complexity index is 327. The van der Waals surface area contributed by atoms with Crippen molar-refractivity contribution < 1.29 is 39.6 Å². The minimum atomic E-state index is -1.57. The van der Waals surface area contributed by atoms with Gasteiger partial charge in [-0.05, 0) is 0 Å². The molecule has 0 aliphatic heterocycles. The smallest absolute Gasteiger partial charge is 0.322 e. The second-order valence-electron chi connectivity index (χ2n) is 3.27. The molecule has 19 heavy (non-hydrogen) atoms. The van der Waals surface area contributed by atoms with E-state index in [1.165, 1.54) is 0 Å². The van der Waals surface area contributed by atoms with E-state index in [0.29, 0.717) is 0 Å². The molecule has 0 saturated heterocycles. The first-order valence-corrected chi connectivity index (χ1v) is 4.64. The van der Waals surface area contributed by atoms with E-state index in [0.717, 1.165) is 0 Å². The van der Waals surface area contributed by atoms with E-state index in [4.69, 9.17) is 20.4 Å². The van der Waals surface area contributed by atoms with Gasteiger partial charge in [-0.2, -0.15) is 0 Å². The predicted molar refractivity (Wildman–Crippen MR) is 62.2 cm³/mol. The van der Waals surface area contributed by atoms with E-state index in [-0.39, 0.29) is 23.1 Å². The molecule has 0 heterocycles. The average molecular weight is 291 g/mol. The standard InChI is InChI=1S/C8H12N2O8.Mg.2H/c11-5(12)1-3(7(15)16)9-10-4(8(17)18)2-6(13)14;;;/h3-4,9-10H,1-2H2,(H,11,12)(H,13,14)(H,15,16)(H,17,18);;;/t3-,4-;;;/m0.../s1. The Kier molecular flexibility index (Phi) is 9.94. The lowest BCUT2D eigenvalue weighted by molar-refractivity contribution is -0.148. The lowest BCUT2D eigenvalue weighted by Crippen LogP contribution is -2.53. The van der Waals surface area contributed by atoms with E-state index in [1.807, 2.05) is 10.9 Å². The molecule has 0 fully saturated rings. The maximum atomic E-state index is 10.6. The van der Waals surface area contributed by atoms with Crippen LogP contribution in [0.1, 0.15) is 12.8 Å². The van der Waals surface area contributed by atoms with Crippen molar-refractivity contribution in [2.45, 2.75) is 24.9 Å². The van der Waals surface area contributed by atoms with E-state index in [2.05, 4.69) is 0 Å². The molecule has 0 aliphatic rings. The van der Waals surface area contributed by atoms with Crippen molar-refractivity contribution in [2.24, 2.45) is 0 Å². The molecule has 0 unspecified atom stereocenters. The second kappa shape index (κ2) is 9.49. The summed E-state index contributed by atoms with van der Waals surface area (Å²) in [6.07, 6.45) is -1.58. The van der Waals surface area contributed by atoms with Crippen LogP contribution in [-0.4, -0.2) is 79.4 Å². The normalized spacial score (nSPS) is 12.8. The third-order valence-corrected chi connectivity index (χ3v) is 1.79. The van der Waals surface area contributed by atoms with Crippen molar-refractivity contribution in [3.05, 3.63) is 0 Å². The molecule has 0 saturated carbocycles. The highest BCUT2D eigenvalue weighted by Gasteiger charge is 2.25. The lowest BCUT2D eigenvalue weighted by atomic mass is 10.2. The Morgan fingerprint density at radius 3 is 1.16 bits per heavy atom. The summed E-state index contributed by atoms with van der Waals surface area (Å²) in [7, 11) is 0. The summed E-state index contributed by atoms with van der Waals surface area (Å²) in [5.74, 6) is -5.82. The van der Waals surface area contributed by atoms with E-state index < -0.39 is 48.8 Å². The second-order valence-corrected chi connectivity index (χ2v) is 3.27. The number of rotatable bonds is 9. The van der Waals surface area contributed by atoms with Crippen molar-refractivity contribution in [1.29, 1.82) is 0 Å². The lowest BCUT2D eigenvalue weighted by Gasteiger charge is -2.17. The first-order chi connectivity index (χ1) is 8.23. The summed E-state index contributed by atoms with van der Waals surface area (Å²) in [5, 5.41) is 34.1. The van der Waals surface area contributed by atoms with Crippen LogP contribution in [-0.2, 0) is 19.2 Å². The van der Waals surface area contributed by atoms with Gasteiger partial charge in [-0.1, -0.05) is 0 Å². The Morgan fingerprint density at radius 1 is 0.737 bits per heavy atom. The topological polar surface area (TPSA) is 173 Å². The summed E-state index contributed by atoms with van der Waals surface area (Å²) in [4.78, 5) is 41.9. The first kappa shape index (κ1) is 19.9. The summed E-state index contributed by atoms with van der Waals surface area (Å²) >= 11 is 0. The number of carbonyl (C=O) groups is 4. The monoisotopic (exact) mass is 290 g/mol. The molecule has 0 rings (SSSR count). The van der Waals surface area contributed by atoms with Gasteiger partial charge in [0.25, 0.3) is 0 Å². The average Bonchev–Trinajstić information content (AvgIpc) is 2.20. The molecule has 11 heteroatoms. The highest BCUT2D eigenvalue weighted by molar-refractivity contribution is 5.81. The van der Waals surface area contributed by atoms with Crippen molar-refractivity contribution in [2.75, 3.05) is 0 Å². The fraction of sp³-hybridized carbons (Fsp3) is 0.500. The zero-order valence-electron chi connectivity index (χ0n) is 8.99. The molecule has 0 aromatic carbocycles. The van der Waals surface area contributed by atoms with Gasteiger partial charge in [-0.25, -0.2) is 10.9 Å². The van der Waals surface area contributed by atoms with Crippen molar-refractivity contribution in [1.82, 2.24) is 10.9 Å². The van der Waals surface area contributed by atoms with Crippen LogP contribution in [0.2, 0.25) is 0 Å². The van der Waals surface area contributed by atoms with Crippen LogP contribution in [0.5, 0.6) is 0 Å². The number of hydrogen-bond donors (Lipinski definition) is 6. The molecular formula is C8H14MgN2O8. The van der Waals surface area contributed by atoms with Gasteiger partial charge in [-0.15, -0.1) is 0 Å². The Morgan fingerprint density at radius 2 is 1.00 bits per heavy atom. The summed E-state index contributed by atoms with van der Waals surface area (Å²) < 4.78 is 0. The minimum Gasteiger partial charge on any atom is -0.481 e. The zero-order chi connectivity index (χ0) is 14.3. The fourth-order valence-corrected chi connectivity index (χ4v) is 0.951. The Balaban J connectivity index is 0. The summed E-state index contributed by atoms with van der Waals surface area (Å²) in [5.41, 5.74) is 3.93. The largest absolute Gasteiger partial charge is 0.481 e. The number of carboxylic acids is 4. The minimum absolute atomic E-state index is 0. The van der Waals surface area contributed by atoms with Crippen molar-refractivity contribution in [3.8, 4) is 0 Å². The van der Waals surface area contributed by atoms with Gasteiger partial charge in [0.05, 0.1) is 12.8 Å². The van der Waals surface area contributed by atoms with Crippen LogP contribution in [0.3, 0.4) is 0 Å². The fourth-order valence-electron chi connectivity index (χ4n) is 0.951. The van der Waals surface area contributed by atoms with Crippen molar-refractivity contribution >= 4 is 46.9 Å². The molecule has 0 amide bonds. The van der Waals surface area contributed by atoms with Crippen molar-refractivity contribution in [3.63, 3.8) is 0 Å². The molecule has 0 bridgehead atoms. The number of nitrogens with one attached hydrogen (secondary N) is 2. The van der Waals surface area contributed by atoms with Crippen LogP contribution < -0.4 is 10.9 Å². The van der Waals surface area contributed by atoms with Crippen LogP contribution in [0.15, 0.2) is 0 Å². The van der Waals surface area contributed by atoms with Gasteiger partial charge in [0.1, 0.15) is 12.1 Å². The van der Waals surface area contributed by atoms with Gasteiger partial charge in [0.15, 0.2) is 0 Å². The summed E-state index contributed by atoms with van der Waals surface area (Å²) in [6.45, 7) is 0. The quantitative estimate of drug-likeness (QED) is 0.190. The number of hydrazine groups is 1. The van der Waals surface area contributed by atoms with Crippen LogP contribution in [0, 0.1) is 0 Å². The highest BCUT2D eigenvalue weighted by atomic mass is 24.3. The molecular weight excluding hydrogens is 276 g/mol.